The highest BCUT2D eigenvalue weighted by atomic mass is 32.2. The molecule has 1 atom stereocenters. The van der Waals surface area contributed by atoms with Crippen LogP contribution in [0.2, 0.25) is 0 Å². The summed E-state index contributed by atoms with van der Waals surface area (Å²) in [4.78, 5) is 36.9. The van der Waals surface area contributed by atoms with Gasteiger partial charge in [-0.05, 0) is 55.8 Å². The number of amides is 2. The highest BCUT2D eigenvalue weighted by molar-refractivity contribution is 8.18. The van der Waals surface area contributed by atoms with Crippen molar-refractivity contribution in [3.05, 3.63) is 34.7 Å². The zero-order valence-corrected chi connectivity index (χ0v) is 15.3. The summed E-state index contributed by atoms with van der Waals surface area (Å²) in [6, 6.07) is 7.27. The Bertz CT molecular complexity index is 683. The lowest BCUT2D eigenvalue weighted by molar-refractivity contribution is -0.145. The quantitative estimate of drug-likeness (QED) is 0.546. The zero-order valence-electron chi connectivity index (χ0n) is 14.5. The fourth-order valence-electron chi connectivity index (χ4n) is 2.08. The lowest BCUT2D eigenvalue weighted by atomic mass is 10.2. The van der Waals surface area contributed by atoms with Crippen LogP contribution in [0.15, 0.2) is 29.2 Å². The van der Waals surface area contributed by atoms with Crippen LogP contribution in [0, 0.1) is 0 Å². The molecule has 0 aliphatic carbocycles. The second-order valence-corrected chi connectivity index (χ2v) is 6.47. The van der Waals surface area contributed by atoms with E-state index in [0.717, 1.165) is 34.4 Å². The van der Waals surface area contributed by atoms with Gasteiger partial charge in [0.25, 0.3) is 11.1 Å². The predicted octanol–water partition coefficient (Wildman–Crippen LogP) is 3.46. The maximum absolute atomic E-state index is 12.3. The molecule has 2 amide bonds. The Labute approximate surface area is 151 Å². The number of ether oxygens (including phenoxy) is 2. The van der Waals surface area contributed by atoms with Gasteiger partial charge in [-0.15, -0.1) is 0 Å². The first-order valence-electron chi connectivity index (χ1n) is 8.12. The number of thioether (sulfide) groups is 1. The molecule has 0 bridgehead atoms. The summed E-state index contributed by atoms with van der Waals surface area (Å²) in [5.41, 5.74) is 0.776. The van der Waals surface area contributed by atoms with Crippen molar-refractivity contribution in [2.45, 2.75) is 33.3 Å². The van der Waals surface area contributed by atoms with Crippen molar-refractivity contribution in [1.29, 1.82) is 0 Å². The molecular formula is C18H21NO5S. The van der Waals surface area contributed by atoms with Crippen LogP contribution in [-0.4, -0.2) is 41.3 Å². The average Bonchev–Trinajstić information content (AvgIpc) is 2.84. The third-order valence-corrected chi connectivity index (χ3v) is 4.46. The molecule has 0 spiro atoms. The van der Waals surface area contributed by atoms with Gasteiger partial charge in [-0.3, -0.25) is 19.3 Å². The third kappa shape index (κ3) is 5.09. The van der Waals surface area contributed by atoms with Crippen molar-refractivity contribution in [3.8, 4) is 5.75 Å². The van der Waals surface area contributed by atoms with E-state index in [-0.39, 0.29) is 24.2 Å². The van der Waals surface area contributed by atoms with E-state index in [0.29, 0.717) is 0 Å². The second kappa shape index (κ2) is 8.71. The largest absolute Gasteiger partial charge is 0.491 e. The highest BCUT2D eigenvalue weighted by Gasteiger charge is 2.36. The monoisotopic (exact) mass is 363 g/mol. The van der Waals surface area contributed by atoms with E-state index in [4.69, 9.17) is 9.47 Å². The number of carbonyl (C=O) groups is 3. The molecule has 1 heterocycles. The summed E-state index contributed by atoms with van der Waals surface area (Å²) in [5.74, 6) is -0.331. The van der Waals surface area contributed by atoms with Crippen molar-refractivity contribution >= 4 is 35.0 Å². The molecular weight excluding hydrogens is 342 g/mol. The summed E-state index contributed by atoms with van der Waals surface area (Å²) in [7, 11) is 0. The molecule has 1 aromatic carbocycles. The number of nitrogens with zero attached hydrogens (tertiary/aromatic N) is 1. The van der Waals surface area contributed by atoms with Gasteiger partial charge < -0.3 is 9.47 Å². The van der Waals surface area contributed by atoms with E-state index < -0.39 is 17.1 Å². The van der Waals surface area contributed by atoms with Gasteiger partial charge >= 0.3 is 5.97 Å². The number of imide groups is 1. The van der Waals surface area contributed by atoms with Crippen molar-refractivity contribution in [2.75, 3.05) is 13.2 Å². The first kappa shape index (κ1) is 19.1. The fourth-order valence-corrected chi connectivity index (χ4v) is 2.92. The molecule has 25 heavy (non-hydrogen) atoms. The van der Waals surface area contributed by atoms with Crippen molar-refractivity contribution in [2.24, 2.45) is 0 Å². The SMILES string of the molecule is CCOC(=O)CN1C(=O)S/C(=C/c2ccc(OC(C)CC)cc2)C1=O. The normalized spacial score (nSPS) is 17.1. The molecule has 1 aliphatic heterocycles. The molecule has 1 fully saturated rings. The Morgan fingerprint density at radius 3 is 2.52 bits per heavy atom. The fraction of sp³-hybridized carbons (Fsp3) is 0.389. The molecule has 0 N–H and O–H groups in total. The molecule has 7 heteroatoms. The zero-order chi connectivity index (χ0) is 18.4. The van der Waals surface area contributed by atoms with Gasteiger partial charge in [0.05, 0.1) is 17.6 Å². The summed E-state index contributed by atoms with van der Waals surface area (Å²) >= 11 is 0.815. The van der Waals surface area contributed by atoms with Gasteiger partial charge in [-0.25, -0.2) is 0 Å². The predicted molar refractivity (Wildman–Crippen MR) is 96.1 cm³/mol. The van der Waals surface area contributed by atoms with Gasteiger partial charge in [0.15, 0.2) is 0 Å². The van der Waals surface area contributed by atoms with Crippen molar-refractivity contribution in [3.63, 3.8) is 0 Å². The van der Waals surface area contributed by atoms with E-state index in [1.807, 2.05) is 38.1 Å². The molecule has 0 aromatic heterocycles. The number of hydrogen-bond donors (Lipinski definition) is 0. The number of carbonyl (C=O) groups excluding carboxylic acids is 3. The molecule has 134 valence electrons. The van der Waals surface area contributed by atoms with Gasteiger partial charge in [-0.2, -0.15) is 0 Å². The van der Waals surface area contributed by atoms with E-state index in [1.54, 1.807) is 13.0 Å². The van der Waals surface area contributed by atoms with E-state index in [1.165, 1.54) is 0 Å². The summed E-state index contributed by atoms with van der Waals surface area (Å²) in [6.45, 7) is 5.55. The minimum atomic E-state index is -0.599. The first-order valence-corrected chi connectivity index (χ1v) is 8.94. The van der Waals surface area contributed by atoms with Gasteiger partial charge in [-0.1, -0.05) is 19.1 Å². The van der Waals surface area contributed by atoms with Crippen LogP contribution < -0.4 is 4.74 Å². The Kier molecular flexibility index (Phi) is 6.64. The lowest BCUT2D eigenvalue weighted by Gasteiger charge is -2.12. The minimum Gasteiger partial charge on any atom is -0.491 e. The minimum absolute atomic E-state index is 0.130. The van der Waals surface area contributed by atoms with E-state index in [9.17, 15) is 14.4 Å². The van der Waals surface area contributed by atoms with Crippen LogP contribution >= 0.6 is 11.8 Å². The standard InChI is InChI=1S/C18H21NO5S/c1-4-12(3)24-14-8-6-13(7-9-14)10-15-17(21)19(18(22)25-15)11-16(20)23-5-2/h6-10,12H,4-5,11H2,1-3H3/b15-10+. The average molecular weight is 363 g/mol. The number of benzene rings is 1. The lowest BCUT2D eigenvalue weighted by Crippen LogP contribution is -2.34. The van der Waals surface area contributed by atoms with E-state index in [2.05, 4.69) is 0 Å². The third-order valence-electron chi connectivity index (χ3n) is 3.56. The van der Waals surface area contributed by atoms with Gasteiger partial charge in [0.1, 0.15) is 12.3 Å². The summed E-state index contributed by atoms with van der Waals surface area (Å²) < 4.78 is 10.5. The second-order valence-electron chi connectivity index (χ2n) is 5.48. The Hall–Kier alpha value is -2.28. The number of esters is 1. The van der Waals surface area contributed by atoms with Crippen molar-refractivity contribution in [1.82, 2.24) is 4.90 Å². The molecule has 6 nitrogen and oxygen atoms in total. The maximum atomic E-state index is 12.3. The van der Waals surface area contributed by atoms with Crippen LogP contribution in [0.5, 0.6) is 5.75 Å². The maximum Gasteiger partial charge on any atom is 0.326 e. The van der Waals surface area contributed by atoms with Gasteiger partial charge in [0.2, 0.25) is 0 Å². The molecule has 0 saturated carbocycles. The Morgan fingerprint density at radius 2 is 1.92 bits per heavy atom. The topological polar surface area (TPSA) is 72.9 Å². The first-order chi connectivity index (χ1) is 11.9. The molecule has 1 unspecified atom stereocenters. The Balaban J connectivity index is 2.07. The number of hydrogen-bond acceptors (Lipinski definition) is 6. The van der Waals surface area contributed by atoms with Crippen LogP contribution in [-0.2, 0) is 14.3 Å². The smallest absolute Gasteiger partial charge is 0.326 e. The number of rotatable bonds is 7. The van der Waals surface area contributed by atoms with Crippen LogP contribution in [0.3, 0.4) is 0 Å². The van der Waals surface area contributed by atoms with Crippen LogP contribution in [0.4, 0.5) is 4.79 Å². The molecule has 1 aliphatic rings. The van der Waals surface area contributed by atoms with Crippen molar-refractivity contribution < 1.29 is 23.9 Å². The molecule has 2 rings (SSSR count). The molecule has 1 saturated heterocycles. The highest BCUT2D eigenvalue weighted by Crippen LogP contribution is 2.32. The summed E-state index contributed by atoms with van der Waals surface area (Å²) in [6.07, 6.45) is 2.67. The van der Waals surface area contributed by atoms with Crippen LogP contribution in [0.1, 0.15) is 32.8 Å². The van der Waals surface area contributed by atoms with E-state index >= 15 is 0 Å². The Morgan fingerprint density at radius 1 is 1.24 bits per heavy atom. The summed E-state index contributed by atoms with van der Waals surface area (Å²) in [5, 5.41) is -0.471. The molecule has 1 aromatic rings. The van der Waals surface area contributed by atoms with Crippen LogP contribution in [0.25, 0.3) is 6.08 Å². The molecule has 0 radical (unpaired) electrons. The van der Waals surface area contributed by atoms with Gasteiger partial charge in [0, 0.05) is 0 Å².